The van der Waals surface area contributed by atoms with Crippen LogP contribution in [0.3, 0.4) is 0 Å². The number of aliphatic hydroxyl groups is 1. The van der Waals surface area contributed by atoms with E-state index in [4.69, 9.17) is 0 Å². The molecule has 0 bridgehead atoms. The van der Waals surface area contributed by atoms with Crippen LogP contribution < -0.4 is 10.9 Å². The van der Waals surface area contributed by atoms with E-state index in [1.54, 1.807) is 19.1 Å². The number of carbonyl (C=O) groups is 1. The van der Waals surface area contributed by atoms with Gasteiger partial charge in [0.1, 0.15) is 0 Å². The molecule has 0 spiro atoms. The maximum atomic E-state index is 11.3. The van der Waals surface area contributed by atoms with Gasteiger partial charge in [0.05, 0.1) is 6.54 Å². The molecule has 1 aromatic rings. The summed E-state index contributed by atoms with van der Waals surface area (Å²) in [6.07, 6.45) is -0.541. The Balaban J connectivity index is 2.93. The zero-order valence-electron chi connectivity index (χ0n) is 7.80. The number of nitrogens with zero attached hydrogens (tertiary/aromatic N) is 1. The monoisotopic (exact) mass is 196 g/mol. The van der Waals surface area contributed by atoms with Crippen LogP contribution in [0.25, 0.3) is 0 Å². The molecule has 2 N–H and O–H groups in total. The third kappa shape index (κ3) is 2.20. The molecular formula is C9H12N2O3. The number of rotatable bonds is 4. The molecule has 0 aliphatic heterocycles. The highest BCUT2D eigenvalue weighted by atomic mass is 16.3. The predicted molar refractivity (Wildman–Crippen MR) is 50.8 cm³/mol. The lowest BCUT2D eigenvalue weighted by molar-refractivity contribution is -0.110. The predicted octanol–water partition coefficient (Wildman–Crippen LogP) is -0.606. The molecule has 1 heterocycles. The van der Waals surface area contributed by atoms with Gasteiger partial charge in [-0.1, -0.05) is 6.07 Å². The zero-order valence-corrected chi connectivity index (χ0v) is 7.80. The van der Waals surface area contributed by atoms with E-state index in [9.17, 15) is 14.7 Å². The summed E-state index contributed by atoms with van der Waals surface area (Å²) < 4.78 is 1.22. The Morgan fingerprint density at radius 2 is 2.36 bits per heavy atom. The molecular weight excluding hydrogens is 184 g/mol. The molecule has 0 aliphatic carbocycles. The van der Waals surface area contributed by atoms with E-state index in [1.165, 1.54) is 10.6 Å². The number of nitrogens with one attached hydrogen (secondary N) is 1. The van der Waals surface area contributed by atoms with E-state index in [0.717, 1.165) is 0 Å². The Bertz CT molecular complexity index is 373. The molecule has 0 radical (unpaired) electrons. The maximum absolute atomic E-state index is 11.3. The summed E-state index contributed by atoms with van der Waals surface area (Å²) in [7, 11) is 0. The fourth-order valence-electron chi connectivity index (χ4n) is 1.23. The number of aromatic nitrogens is 1. The van der Waals surface area contributed by atoms with Crippen molar-refractivity contribution in [3.05, 3.63) is 34.2 Å². The van der Waals surface area contributed by atoms with Crippen LogP contribution in [0.2, 0.25) is 0 Å². The Morgan fingerprint density at radius 3 is 2.93 bits per heavy atom. The van der Waals surface area contributed by atoms with Gasteiger partial charge in [-0.2, -0.15) is 0 Å². The zero-order chi connectivity index (χ0) is 10.6. The normalized spacial score (nSPS) is 12.1. The second kappa shape index (κ2) is 4.57. The summed E-state index contributed by atoms with van der Waals surface area (Å²) in [5.41, 5.74) is 0.364. The minimum Gasteiger partial charge on any atom is -0.371 e. The van der Waals surface area contributed by atoms with E-state index >= 15 is 0 Å². The molecule has 0 saturated heterocycles. The molecule has 1 amide bonds. The van der Waals surface area contributed by atoms with Crippen LogP contribution in [0.1, 0.15) is 11.9 Å². The van der Waals surface area contributed by atoms with Gasteiger partial charge in [-0.25, -0.2) is 0 Å². The first kappa shape index (κ1) is 10.5. The maximum Gasteiger partial charge on any atom is 0.252 e. The smallest absolute Gasteiger partial charge is 0.252 e. The molecule has 76 valence electrons. The van der Waals surface area contributed by atoms with Crippen LogP contribution in [-0.2, 0) is 4.79 Å². The number of carbonyl (C=O) groups excluding carboxylic acids is 1. The highest BCUT2D eigenvalue weighted by Gasteiger charge is 2.08. The third-order valence-corrected chi connectivity index (χ3v) is 1.88. The fraction of sp³-hybridized carbons (Fsp3) is 0.333. The van der Waals surface area contributed by atoms with Crippen molar-refractivity contribution in [3.8, 4) is 0 Å². The average Bonchev–Trinajstić information content (AvgIpc) is 2.14. The molecule has 0 aromatic carbocycles. The first-order chi connectivity index (χ1) is 6.66. The highest BCUT2D eigenvalue weighted by molar-refractivity contribution is 5.45. The van der Waals surface area contributed by atoms with Crippen molar-refractivity contribution in [3.63, 3.8) is 0 Å². The Hall–Kier alpha value is -1.62. The topological polar surface area (TPSA) is 71.3 Å². The number of aliphatic hydroxyl groups excluding tert-OH is 1. The summed E-state index contributed by atoms with van der Waals surface area (Å²) >= 11 is 0. The molecule has 5 heteroatoms. The molecule has 1 unspecified atom stereocenters. The average molecular weight is 196 g/mol. The van der Waals surface area contributed by atoms with Gasteiger partial charge in [0.15, 0.2) is 6.23 Å². The molecule has 0 saturated carbocycles. The van der Waals surface area contributed by atoms with Gasteiger partial charge in [0, 0.05) is 11.8 Å². The van der Waals surface area contributed by atoms with Gasteiger partial charge in [0.2, 0.25) is 6.41 Å². The van der Waals surface area contributed by atoms with Crippen molar-refractivity contribution in [1.82, 2.24) is 9.88 Å². The summed E-state index contributed by atoms with van der Waals surface area (Å²) in [4.78, 5) is 21.3. The summed E-state index contributed by atoms with van der Waals surface area (Å²) in [5.74, 6) is 0. The quantitative estimate of drug-likeness (QED) is 0.631. The van der Waals surface area contributed by atoms with E-state index in [0.29, 0.717) is 12.1 Å². The van der Waals surface area contributed by atoms with Gasteiger partial charge in [0.25, 0.3) is 5.56 Å². The Kier molecular flexibility index (Phi) is 3.41. The van der Waals surface area contributed by atoms with Gasteiger partial charge in [-0.15, -0.1) is 0 Å². The summed E-state index contributed by atoms with van der Waals surface area (Å²) in [5, 5.41) is 11.9. The van der Waals surface area contributed by atoms with Crippen molar-refractivity contribution >= 4 is 6.41 Å². The summed E-state index contributed by atoms with van der Waals surface area (Å²) in [6.45, 7) is 1.74. The number of hydrogen-bond donors (Lipinski definition) is 2. The van der Waals surface area contributed by atoms with Crippen LogP contribution in [0.5, 0.6) is 0 Å². The lowest BCUT2D eigenvalue weighted by Gasteiger charge is -2.15. The lowest BCUT2D eigenvalue weighted by Crippen LogP contribution is -2.32. The fourth-order valence-corrected chi connectivity index (χ4v) is 1.23. The van der Waals surface area contributed by atoms with Crippen LogP contribution in [0.15, 0.2) is 23.0 Å². The van der Waals surface area contributed by atoms with Gasteiger partial charge in [-0.05, 0) is 13.0 Å². The highest BCUT2D eigenvalue weighted by Crippen LogP contribution is 2.01. The van der Waals surface area contributed by atoms with E-state index in [2.05, 4.69) is 5.32 Å². The first-order valence-corrected chi connectivity index (χ1v) is 4.20. The molecule has 1 atom stereocenters. The number of aryl methyl sites for hydroxylation is 1. The number of hydrogen-bond acceptors (Lipinski definition) is 3. The molecule has 5 nitrogen and oxygen atoms in total. The van der Waals surface area contributed by atoms with E-state index < -0.39 is 6.23 Å². The minimum atomic E-state index is -1.02. The van der Waals surface area contributed by atoms with Crippen LogP contribution in [0.4, 0.5) is 0 Å². The van der Waals surface area contributed by atoms with Crippen molar-refractivity contribution in [2.75, 3.05) is 6.54 Å². The Morgan fingerprint density at radius 1 is 1.64 bits per heavy atom. The second-order valence-corrected chi connectivity index (χ2v) is 2.88. The van der Waals surface area contributed by atoms with Gasteiger partial charge < -0.3 is 10.4 Å². The van der Waals surface area contributed by atoms with E-state index in [1.807, 2.05) is 0 Å². The molecule has 0 aliphatic rings. The largest absolute Gasteiger partial charge is 0.371 e. The standard InChI is InChI=1S/C9H12N2O3/c1-7-3-2-4-8(13)11(7)9(14)5-10-6-12/h2-4,6,9,14H,5H2,1H3,(H,10,12). The minimum absolute atomic E-state index is 0.0221. The first-order valence-electron chi connectivity index (χ1n) is 4.20. The van der Waals surface area contributed by atoms with Crippen molar-refractivity contribution in [2.45, 2.75) is 13.2 Å². The van der Waals surface area contributed by atoms with Crippen LogP contribution in [0, 0.1) is 6.92 Å². The molecule has 1 rings (SSSR count). The van der Waals surface area contributed by atoms with Crippen LogP contribution >= 0.6 is 0 Å². The molecule has 0 fully saturated rings. The summed E-state index contributed by atoms with van der Waals surface area (Å²) in [6, 6.07) is 4.69. The van der Waals surface area contributed by atoms with Crippen molar-refractivity contribution < 1.29 is 9.90 Å². The lowest BCUT2D eigenvalue weighted by atomic mass is 10.3. The third-order valence-electron chi connectivity index (χ3n) is 1.88. The Labute approximate surface area is 81.0 Å². The van der Waals surface area contributed by atoms with Crippen molar-refractivity contribution in [1.29, 1.82) is 0 Å². The van der Waals surface area contributed by atoms with Crippen molar-refractivity contribution in [2.24, 2.45) is 0 Å². The second-order valence-electron chi connectivity index (χ2n) is 2.88. The number of pyridine rings is 1. The number of amides is 1. The van der Waals surface area contributed by atoms with E-state index in [-0.39, 0.29) is 12.1 Å². The van der Waals surface area contributed by atoms with Crippen LogP contribution in [-0.4, -0.2) is 22.6 Å². The molecule has 1 aromatic heterocycles. The van der Waals surface area contributed by atoms with Gasteiger partial charge >= 0.3 is 0 Å². The van der Waals surface area contributed by atoms with Gasteiger partial charge in [-0.3, -0.25) is 14.2 Å². The molecule has 14 heavy (non-hydrogen) atoms. The SMILES string of the molecule is Cc1cccc(=O)n1C(O)CNC=O.